The van der Waals surface area contributed by atoms with Crippen molar-refractivity contribution in [2.24, 2.45) is 23.7 Å². The Bertz CT molecular complexity index is 265. The topological polar surface area (TPSA) is 0 Å². The summed E-state index contributed by atoms with van der Waals surface area (Å²) < 4.78 is 0. The Morgan fingerprint density at radius 2 is 1.05 bits per heavy atom. The second-order valence-electron chi connectivity index (χ2n) is 8.54. The molecule has 0 nitrogen and oxygen atoms in total. The van der Waals surface area contributed by atoms with E-state index in [-0.39, 0.29) is 0 Å². The summed E-state index contributed by atoms with van der Waals surface area (Å²) in [5.41, 5.74) is 0. The van der Waals surface area contributed by atoms with Crippen molar-refractivity contribution in [3.63, 3.8) is 0 Å². The van der Waals surface area contributed by atoms with Gasteiger partial charge in [0.1, 0.15) is 7.85 Å². The van der Waals surface area contributed by atoms with Crippen molar-refractivity contribution in [3.8, 4) is 0 Å². The predicted molar refractivity (Wildman–Crippen MR) is 90.9 cm³/mol. The molecule has 0 unspecified atom stereocenters. The van der Waals surface area contributed by atoms with Crippen LogP contribution >= 0.6 is 0 Å². The van der Waals surface area contributed by atoms with Crippen LogP contribution < -0.4 is 0 Å². The van der Waals surface area contributed by atoms with E-state index in [1.165, 1.54) is 32.1 Å². The fourth-order valence-electron chi connectivity index (χ4n) is 5.54. The lowest BCUT2D eigenvalue weighted by molar-refractivity contribution is 0.149. The van der Waals surface area contributed by atoms with Gasteiger partial charge in [-0.2, -0.15) is 0 Å². The first-order valence-corrected chi connectivity index (χ1v) is 9.81. The Hall–Kier alpha value is 0.0649. The largest absolute Gasteiger partial charge is 0.105 e. The average Bonchev–Trinajstić information content (AvgIpc) is 2.51. The lowest BCUT2D eigenvalue weighted by Gasteiger charge is -2.37. The van der Waals surface area contributed by atoms with Crippen LogP contribution in [-0.2, 0) is 0 Å². The van der Waals surface area contributed by atoms with E-state index in [2.05, 4.69) is 7.85 Å². The molecule has 3 rings (SSSR count). The quantitative estimate of drug-likeness (QED) is 0.606. The lowest BCUT2D eigenvalue weighted by Crippen LogP contribution is -2.25. The van der Waals surface area contributed by atoms with Crippen LogP contribution in [0, 0.1) is 23.7 Å². The third-order valence-corrected chi connectivity index (χ3v) is 7.01. The molecule has 114 valence electrons. The van der Waals surface area contributed by atoms with Crippen LogP contribution in [0.25, 0.3) is 0 Å². The van der Waals surface area contributed by atoms with E-state index < -0.39 is 0 Å². The third kappa shape index (κ3) is 4.04. The molecule has 0 amide bonds. The maximum absolute atomic E-state index is 2.45. The van der Waals surface area contributed by atoms with Gasteiger partial charge in [-0.05, 0) is 42.9 Å². The fraction of sp³-hybridized carbons (Fsp3) is 1.00. The van der Waals surface area contributed by atoms with Crippen molar-refractivity contribution < 1.29 is 0 Å². The molecule has 0 atom stereocenters. The van der Waals surface area contributed by atoms with Gasteiger partial charge in [-0.3, -0.25) is 0 Å². The zero-order valence-corrected chi connectivity index (χ0v) is 13.8. The zero-order valence-electron chi connectivity index (χ0n) is 13.8. The van der Waals surface area contributed by atoms with Gasteiger partial charge in [0.15, 0.2) is 0 Å². The molecule has 3 aliphatic rings. The molecule has 3 fully saturated rings. The van der Waals surface area contributed by atoms with Crippen molar-refractivity contribution in [1.82, 2.24) is 0 Å². The van der Waals surface area contributed by atoms with Crippen LogP contribution in [0.3, 0.4) is 0 Å². The normalized spacial score (nSPS) is 40.6. The Morgan fingerprint density at radius 1 is 0.550 bits per heavy atom. The summed E-state index contributed by atoms with van der Waals surface area (Å²) in [7, 11) is 2.45. The molecule has 0 aliphatic heterocycles. The molecule has 0 aromatic heterocycles. The van der Waals surface area contributed by atoms with Crippen molar-refractivity contribution in [2.75, 3.05) is 0 Å². The highest BCUT2D eigenvalue weighted by Gasteiger charge is 2.30. The van der Waals surface area contributed by atoms with Gasteiger partial charge in [-0.15, -0.1) is 0 Å². The van der Waals surface area contributed by atoms with E-state index in [9.17, 15) is 0 Å². The predicted octanol–water partition coefficient (Wildman–Crippen LogP) is 5.38. The summed E-state index contributed by atoms with van der Waals surface area (Å²) in [6.07, 6.45) is 21.7. The molecule has 0 saturated heterocycles. The van der Waals surface area contributed by atoms with E-state index in [0.29, 0.717) is 0 Å². The standard InChI is InChI=1S/C19H35B/c20-19-12-8-16(9-13-19)14-15-6-10-18(11-7-15)17-4-2-1-3-5-17/h15-19H,1-14,20H2. The van der Waals surface area contributed by atoms with E-state index in [4.69, 9.17) is 0 Å². The summed E-state index contributed by atoms with van der Waals surface area (Å²) in [5.74, 6) is 5.47. The van der Waals surface area contributed by atoms with Gasteiger partial charge in [-0.25, -0.2) is 0 Å². The van der Waals surface area contributed by atoms with Gasteiger partial charge < -0.3 is 0 Å². The van der Waals surface area contributed by atoms with Gasteiger partial charge in [-0.1, -0.05) is 76.4 Å². The van der Waals surface area contributed by atoms with Crippen LogP contribution in [0.2, 0.25) is 5.82 Å². The molecule has 3 saturated carbocycles. The van der Waals surface area contributed by atoms with Crippen LogP contribution in [0.4, 0.5) is 0 Å². The third-order valence-electron chi connectivity index (χ3n) is 7.01. The molecule has 0 N–H and O–H groups in total. The summed E-state index contributed by atoms with van der Waals surface area (Å²) in [4.78, 5) is 0. The first-order valence-electron chi connectivity index (χ1n) is 9.81. The van der Waals surface area contributed by atoms with E-state index in [1.807, 2.05) is 0 Å². The van der Waals surface area contributed by atoms with Gasteiger partial charge >= 0.3 is 0 Å². The highest BCUT2D eigenvalue weighted by Crippen LogP contribution is 2.43. The molecular weight excluding hydrogens is 239 g/mol. The van der Waals surface area contributed by atoms with Crippen LogP contribution in [0.15, 0.2) is 0 Å². The molecular formula is C19H35B. The van der Waals surface area contributed by atoms with Crippen molar-refractivity contribution in [2.45, 2.75) is 95.7 Å². The Balaban J connectivity index is 1.37. The SMILES string of the molecule is BC1CCC(CC2CCC(C3CCCCC3)CC2)CC1. The Morgan fingerprint density at radius 3 is 1.65 bits per heavy atom. The molecule has 0 aromatic carbocycles. The maximum atomic E-state index is 2.45. The van der Waals surface area contributed by atoms with E-state index >= 15 is 0 Å². The molecule has 0 heterocycles. The Kier molecular flexibility index (Phi) is 5.52. The monoisotopic (exact) mass is 274 g/mol. The fourth-order valence-corrected chi connectivity index (χ4v) is 5.54. The molecule has 0 spiro atoms. The summed E-state index contributed by atoms with van der Waals surface area (Å²) >= 11 is 0. The molecule has 0 aromatic rings. The zero-order chi connectivity index (χ0) is 13.8. The number of hydrogen-bond donors (Lipinski definition) is 0. The molecule has 20 heavy (non-hydrogen) atoms. The summed E-state index contributed by atoms with van der Waals surface area (Å²) in [5, 5.41) is 0. The second-order valence-corrected chi connectivity index (χ2v) is 8.54. The Labute approximate surface area is 127 Å². The minimum Gasteiger partial charge on any atom is -0.0697 e. The van der Waals surface area contributed by atoms with Gasteiger partial charge in [0.2, 0.25) is 0 Å². The number of hydrogen-bond acceptors (Lipinski definition) is 0. The minimum absolute atomic E-state index is 1.02. The van der Waals surface area contributed by atoms with Crippen LogP contribution in [0.1, 0.15) is 89.9 Å². The molecule has 0 radical (unpaired) electrons. The molecule has 1 heteroatoms. The smallest absolute Gasteiger partial charge is 0.0697 e. The van der Waals surface area contributed by atoms with E-state index in [0.717, 1.165) is 29.5 Å². The highest BCUT2D eigenvalue weighted by molar-refractivity contribution is 6.11. The summed E-state index contributed by atoms with van der Waals surface area (Å²) in [6.45, 7) is 0. The minimum atomic E-state index is 1.02. The first-order chi connectivity index (χ1) is 9.81. The van der Waals surface area contributed by atoms with Gasteiger partial charge in [0.05, 0.1) is 0 Å². The molecule has 3 aliphatic carbocycles. The van der Waals surface area contributed by atoms with Crippen LogP contribution in [-0.4, -0.2) is 7.85 Å². The lowest BCUT2D eigenvalue weighted by atomic mass is 9.67. The first kappa shape index (κ1) is 15.0. The van der Waals surface area contributed by atoms with Crippen molar-refractivity contribution >= 4 is 7.85 Å². The average molecular weight is 274 g/mol. The van der Waals surface area contributed by atoms with Crippen LogP contribution in [0.5, 0.6) is 0 Å². The second kappa shape index (κ2) is 7.36. The molecule has 0 bridgehead atoms. The van der Waals surface area contributed by atoms with E-state index in [1.54, 1.807) is 57.8 Å². The van der Waals surface area contributed by atoms with Crippen molar-refractivity contribution in [1.29, 1.82) is 0 Å². The van der Waals surface area contributed by atoms with Gasteiger partial charge in [0.25, 0.3) is 0 Å². The van der Waals surface area contributed by atoms with Gasteiger partial charge in [0, 0.05) is 0 Å². The highest BCUT2D eigenvalue weighted by atomic mass is 14.4. The maximum Gasteiger partial charge on any atom is 0.105 e. The van der Waals surface area contributed by atoms with Crippen molar-refractivity contribution in [3.05, 3.63) is 0 Å². The summed E-state index contributed by atoms with van der Waals surface area (Å²) in [6, 6.07) is 0. The number of rotatable bonds is 3.